The first-order chi connectivity index (χ1) is 22.4. The van der Waals surface area contributed by atoms with Gasteiger partial charge in [-0.2, -0.15) is 0 Å². The van der Waals surface area contributed by atoms with Crippen LogP contribution in [0.3, 0.4) is 0 Å². The van der Waals surface area contributed by atoms with Gasteiger partial charge < -0.3 is 23.9 Å². The smallest absolute Gasteiger partial charge is 0.258 e. The minimum absolute atomic E-state index is 0.0703. The van der Waals surface area contributed by atoms with E-state index in [1.54, 1.807) is 43.5 Å². The van der Waals surface area contributed by atoms with Crippen LogP contribution in [0.5, 0.6) is 17.2 Å². The molecule has 5 rings (SSSR count). The molecular weight excluding hydrogens is 635 g/mol. The lowest BCUT2D eigenvalue weighted by Gasteiger charge is -2.42. The molecule has 47 heavy (non-hydrogen) atoms. The average Bonchev–Trinajstić information content (AvgIpc) is 3.35. The molecule has 2 heterocycles. The lowest BCUT2D eigenvalue weighted by Crippen LogP contribution is -2.51. The quantitative estimate of drug-likeness (QED) is 0.151. The summed E-state index contributed by atoms with van der Waals surface area (Å²) in [5.74, 6) is 1.08. The largest absolute Gasteiger partial charge is 0.541 e. The van der Waals surface area contributed by atoms with Crippen molar-refractivity contribution in [2.45, 2.75) is 84.3 Å². The number of ether oxygens (including phenoxy) is 2. The summed E-state index contributed by atoms with van der Waals surface area (Å²) >= 11 is 6.09. The maximum atomic E-state index is 14.5. The highest BCUT2D eigenvalue weighted by Crippen LogP contribution is 2.50. The van der Waals surface area contributed by atoms with Gasteiger partial charge in [-0.1, -0.05) is 71.3 Å². The first-order valence-electron chi connectivity index (χ1n) is 16.1. The van der Waals surface area contributed by atoms with Crippen LogP contribution in [0.2, 0.25) is 21.6 Å². The third kappa shape index (κ3) is 6.33. The van der Waals surface area contributed by atoms with E-state index < -0.39 is 14.1 Å². The zero-order valence-corrected chi connectivity index (χ0v) is 30.2. The molecule has 0 saturated heterocycles. The third-order valence-electron chi connectivity index (χ3n) is 9.53. The van der Waals surface area contributed by atoms with Crippen LogP contribution in [-0.4, -0.2) is 43.4 Å². The normalized spacial score (nSPS) is 13.3. The van der Waals surface area contributed by atoms with Crippen molar-refractivity contribution in [3.05, 3.63) is 92.9 Å². The monoisotopic (exact) mass is 678 g/mol. The summed E-state index contributed by atoms with van der Waals surface area (Å²) in [7, 11) is 0.656. The summed E-state index contributed by atoms with van der Waals surface area (Å²) in [6.45, 7) is 13.8. The van der Waals surface area contributed by atoms with Crippen LogP contribution < -0.4 is 13.9 Å². The zero-order valence-electron chi connectivity index (χ0n) is 28.4. The second-order valence-electron chi connectivity index (χ2n) is 13.3. The molecular formula is C37H44ClFN2O5Si. The standard InChI is InChI=1S/C37H44ClFN2O5Si/c1-21(2)47(22(3)4,23(5)6)46-36-33-29(19-41(37(33)43)18-27-11-9-25(20-42)16-32(27)44-7)35(45-8)28-14-26(17-40-34(28)36)13-24-10-12-31(39)30(38)15-24/h9-12,14-17,21-23,42H,13,18-20H2,1-8H3. The summed E-state index contributed by atoms with van der Waals surface area (Å²) in [4.78, 5) is 21.2. The predicted molar refractivity (Wildman–Crippen MR) is 187 cm³/mol. The second-order valence-corrected chi connectivity index (χ2v) is 19.0. The second kappa shape index (κ2) is 13.8. The van der Waals surface area contributed by atoms with Crippen LogP contribution in [0.1, 0.15) is 79.7 Å². The third-order valence-corrected chi connectivity index (χ3v) is 15.8. The van der Waals surface area contributed by atoms with Gasteiger partial charge >= 0.3 is 0 Å². The predicted octanol–water partition coefficient (Wildman–Crippen LogP) is 8.84. The highest BCUT2D eigenvalue weighted by molar-refractivity contribution is 6.78. The van der Waals surface area contributed by atoms with E-state index >= 15 is 0 Å². The van der Waals surface area contributed by atoms with Crippen LogP contribution in [0.4, 0.5) is 4.39 Å². The lowest BCUT2D eigenvalue weighted by molar-refractivity contribution is 0.0764. The molecule has 3 aromatic carbocycles. The Hall–Kier alpha value is -3.66. The minimum Gasteiger partial charge on any atom is -0.541 e. The molecule has 0 bridgehead atoms. The Morgan fingerprint density at radius 2 is 1.62 bits per heavy atom. The SMILES string of the molecule is COc1cc(CO)ccc1CN1Cc2c(c(O[Si](C(C)C)(C(C)C)C(C)C)c3ncc(Cc4ccc(F)c(Cl)c4)cc3c2OC)C1=O. The molecule has 4 aromatic rings. The van der Waals surface area contributed by atoms with Crippen molar-refractivity contribution < 1.29 is 28.2 Å². The first-order valence-corrected chi connectivity index (χ1v) is 18.6. The van der Waals surface area contributed by atoms with E-state index in [0.29, 0.717) is 47.8 Å². The molecule has 0 spiro atoms. The van der Waals surface area contributed by atoms with Gasteiger partial charge in [-0.15, -0.1) is 0 Å². The number of benzene rings is 3. The van der Waals surface area contributed by atoms with Gasteiger partial charge in [-0.25, -0.2) is 4.39 Å². The van der Waals surface area contributed by atoms with E-state index in [2.05, 4.69) is 41.5 Å². The number of nitrogens with zero attached hydrogens (tertiary/aromatic N) is 2. The maximum Gasteiger partial charge on any atom is 0.258 e. The number of rotatable bonds is 12. The Kier molecular flexibility index (Phi) is 10.2. The Morgan fingerprint density at radius 3 is 2.21 bits per heavy atom. The number of pyridine rings is 1. The van der Waals surface area contributed by atoms with E-state index in [1.165, 1.54) is 6.07 Å². The summed E-state index contributed by atoms with van der Waals surface area (Å²) < 4.78 is 32.9. The van der Waals surface area contributed by atoms with Gasteiger partial charge in [0.2, 0.25) is 0 Å². The lowest BCUT2D eigenvalue weighted by atomic mass is 9.99. The highest BCUT2D eigenvalue weighted by Gasteiger charge is 2.49. The summed E-state index contributed by atoms with van der Waals surface area (Å²) in [6.07, 6.45) is 2.27. The van der Waals surface area contributed by atoms with Crippen LogP contribution in [0.15, 0.2) is 48.7 Å². The fourth-order valence-electron chi connectivity index (χ4n) is 7.39. The Bertz CT molecular complexity index is 1790. The molecule has 1 amide bonds. The summed E-state index contributed by atoms with van der Waals surface area (Å²) in [6, 6.07) is 12.2. The molecule has 0 fully saturated rings. The number of hydrogen-bond acceptors (Lipinski definition) is 6. The number of halogens is 2. The maximum absolute atomic E-state index is 14.5. The molecule has 7 nitrogen and oxygen atoms in total. The number of aliphatic hydroxyl groups excluding tert-OH is 1. The molecule has 0 radical (unpaired) electrons. The molecule has 0 saturated carbocycles. The van der Waals surface area contributed by atoms with Gasteiger partial charge in [-0.05, 0) is 64.0 Å². The van der Waals surface area contributed by atoms with Crippen LogP contribution in [0.25, 0.3) is 10.9 Å². The topological polar surface area (TPSA) is 81.1 Å². The molecule has 0 unspecified atom stereocenters. The summed E-state index contributed by atoms with van der Waals surface area (Å²) in [5.41, 5.74) is 5.91. The number of amides is 1. The van der Waals surface area contributed by atoms with Crippen molar-refractivity contribution in [2.75, 3.05) is 14.2 Å². The van der Waals surface area contributed by atoms with Gasteiger partial charge in [0.15, 0.2) is 0 Å². The van der Waals surface area contributed by atoms with Gasteiger partial charge in [-0.3, -0.25) is 9.78 Å². The molecule has 10 heteroatoms. The number of fused-ring (bicyclic) bond motifs is 2. The van der Waals surface area contributed by atoms with Crippen molar-refractivity contribution in [3.63, 3.8) is 0 Å². The van der Waals surface area contributed by atoms with Crippen LogP contribution >= 0.6 is 11.6 Å². The molecule has 1 aliphatic heterocycles. The van der Waals surface area contributed by atoms with Gasteiger partial charge in [0.25, 0.3) is 14.2 Å². The molecule has 1 aliphatic rings. The van der Waals surface area contributed by atoms with Gasteiger partial charge in [0, 0.05) is 29.3 Å². The number of carbonyl (C=O) groups excluding carboxylic acids is 1. The Balaban J connectivity index is 1.69. The van der Waals surface area contributed by atoms with E-state index in [1.807, 2.05) is 18.2 Å². The number of aromatic nitrogens is 1. The fourth-order valence-corrected chi connectivity index (χ4v) is 12.9. The number of methoxy groups -OCH3 is 2. The number of carbonyl (C=O) groups is 1. The average molecular weight is 679 g/mol. The molecule has 0 atom stereocenters. The van der Waals surface area contributed by atoms with Gasteiger partial charge in [0.1, 0.15) is 28.6 Å². The van der Waals surface area contributed by atoms with Crippen molar-refractivity contribution >= 4 is 36.7 Å². The van der Waals surface area contributed by atoms with Crippen molar-refractivity contribution in [1.82, 2.24) is 9.88 Å². The van der Waals surface area contributed by atoms with E-state index in [9.17, 15) is 14.3 Å². The molecule has 1 aromatic heterocycles. The Morgan fingerprint density at radius 1 is 0.936 bits per heavy atom. The minimum atomic E-state index is -2.54. The molecule has 1 N–H and O–H groups in total. The fraction of sp³-hybridized carbons (Fsp3) is 0.405. The highest BCUT2D eigenvalue weighted by atomic mass is 35.5. The van der Waals surface area contributed by atoms with E-state index in [4.69, 9.17) is 30.5 Å². The number of hydrogen-bond donors (Lipinski definition) is 1. The first kappa shape index (κ1) is 34.7. The molecule has 0 aliphatic carbocycles. The number of aliphatic hydroxyl groups is 1. The van der Waals surface area contributed by atoms with Crippen molar-refractivity contribution in [3.8, 4) is 17.2 Å². The van der Waals surface area contributed by atoms with E-state index in [0.717, 1.165) is 33.2 Å². The van der Waals surface area contributed by atoms with Crippen LogP contribution in [-0.2, 0) is 26.1 Å². The van der Waals surface area contributed by atoms with Crippen molar-refractivity contribution in [2.24, 2.45) is 0 Å². The van der Waals surface area contributed by atoms with Gasteiger partial charge in [0.05, 0.1) is 38.0 Å². The van der Waals surface area contributed by atoms with Crippen LogP contribution in [0, 0.1) is 5.82 Å². The van der Waals surface area contributed by atoms with E-state index in [-0.39, 0.29) is 34.2 Å². The van der Waals surface area contributed by atoms with Crippen molar-refractivity contribution in [1.29, 1.82) is 0 Å². The molecule has 250 valence electrons. The zero-order chi connectivity index (χ0) is 34.2. The summed E-state index contributed by atoms with van der Waals surface area (Å²) in [5, 5.41) is 10.5. The Labute approximate surface area is 282 Å².